The molecule has 4 aliphatic rings. The molecular weight excluding hydrogens is 504 g/mol. The minimum Gasteiger partial charge on any atom is -0.458 e. The summed E-state index contributed by atoms with van der Waals surface area (Å²) in [5.74, 6) is -0.790. The highest BCUT2D eigenvalue weighted by Crippen LogP contribution is 2.68. The standard InChI is InChI=1S/C33H40N2O5/c1-19-12-24-26-13-20(2)33(38,29(37)18-40-21(3)36)32(26,5)16-28(39-6)30(24)31(4)15-22-17-34-35(27(22)14-25(19)31)23-10-8-7-9-11-23/h7-12,14,17,20,24,26,28,30,38H,13,15-16,18H2,1-6H3. The molecule has 4 aliphatic carbocycles. The highest BCUT2D eigenvalue weighted by Gasteiger charge is 2.70. The molecule has 1 aromatic heterocycles. The third-order valence-corrected chi connectivity index (χ3v) is 11.0. The summed E-state index contributed by atoms with van der Waals surface area (Å²) in [5.41, 5.74) is 3.46. The molecule has 0 radical (unpaired) electrons. The number of hydrogen-bond donors (Lipinski definition) is 1. The minimum atomic E-state index is -1.59. The van der Waals surface area contributed by atoms with Gasteiger partial charge in [0.25, 0.3) is 0 Å². The number of carbonyl (C=O) groups is 2. The fourth-order valence-corrected chi connectivity index (χ4v) is 9.23. The molecule has 0 amide bonds. The first-order chi connectivity index (χ1) is 19.0. The second-order valence-electron chi connectivity index (χ2n) is 13.0. The Labute approximate surface area is 236 Å². The van der Waals surface area contributed by atoms with Gasteiger partial charge in [-0.1, -0.05) is 50.6 Å². The van der Waals surface area contributed by atoms with Gasteiger partial charge < -0.3 is 14.6 Å². The van der Waals surface area contributed by atoms with Gasteiger partial charge in [0.15, 0.2) is 6.61 Å². The Morgan fingerprint density at radius 1 is 1.20 bits per heavy atom. The van der Waals surface area contributed by atoms with Crippen molar-refractivity contribution in [2.45, 2.75) is 65.6 Å². The number of rotatable bonds is 5. The van der Waals surface area contributed by atoms with Crippen LogP contribution in [0, 0.1) is 34.5 Å². The van der Waals surface area contributed by atoms with E-state index >= 15 is 0 Å². The zero-order valence-corrected chi connectivity index (χ0v) is 24.3. The predicted molar refractivity (Wildman–Crippen MR) is 151 cm³/mol. The van der Waals surface area contributed by atoms with E-state index in [0.717, 1.165) is 24.2 Å². The van der Waals surface area contributed by atoms with Crippen molar-refractivity contribution >= 4 is 17.8 Å². The van der Waals surface area contributed by atoms with Crippen molar-refractivity contribution in [3.8, 4) is 5.69 Å². The lowest BCUT2D eigenvalue weighted by Crippen LogP contribution is -2.63. The number of benzene rings is 1. The number of ketones is 1. The van der Waals surface area contributed by atoms with E-state index in [-0.39, 0.29) is 35.2 Å². The molecule has 7 heteroatoms. The van der Waals surface area contributed by atoms with Crippen LogP contribution in [-0.2, 0) is 25.5 Å². The topological polar surface area (TPSA) is 90.7 Å². The fourth-order valence-electron chi connectivity index (χ4n) is 9.23. The van der Waals surface area contributed by atoms with E-state index in [2.05, 4.69) is 45.1 Å². The van der Waals surface area contributed by atoms with Gasteiger partial charge in [-0.2, -0.15) is 5.10 Å². The van der Waals surface area contributed by atoms with Crippen molar-refractivity contribution in [3.05, 3.63) is 65.0 Å². The van der Waals surface area contributed by atoms with Crippen LogP contribution in [0.5, 0.6) is 0 Å². The van der Waals surface area contributed by atoms with Crippen LogP contribution >= 0.6 is 0 Å². The summed E-state index contributed by atoms with van der Waals surface area (Å²) >= 11 is 0. The monoisotopic (exact) mass is 544 g/mol. The quantitative estimate of drug-likeness (QED) is 0.536. The molecular formula is C33H40N2O5. The van der Waals surface area contributed by atoms with Crippen molar-refractivity contribution in [1.29, 1.82) is 0 Å². The Bertz CT molecular complexity index is 1430. The number of nitrogens with zero attached hydrogens (tertiary/aromatic N) is 2. The molecule has 6 rings (SSSR count). The lowest BCUT2D eigenvalue weighted by atomic mass is 9.46. The van der Waals surface area contributed by atoms with Crippen molar-refractivity contribution in [3.63, 3.8) is 0 Å². The number of carbonyl (C=O) groups excluding carboxylic acids is 2. The van der Waals surface area contributed by atoms with Crippen molar-refractivity contribution in [2.24, 2.45) is 34.5 Å². The highest BCUT2D eigenvalue weighted by atomic mass is 16.5. The number of hydrogen-bond acceptors (Lipinski definition) is 6. The normalized spacial score (nSPS) is 37.8. The van der Waals surface area contributed by atoms with Gasteiger partial charge in [0.1, 0.15) is 5.60 Å². The Morgan fingerprint density at radius 3 is 2.60 bits per heavy atom. The maximum Gasteiger partial charge on any atom is 0.303 e. The zero-order chi connectivity index (χ0) is 28.6. The van der Waals surface area contributed by atoms with Gasteiger partial charge >= 0.3 is 5.97 Å². The number of aromatic nitrogens is 2. The Hall–Kier alpha value is -3.03. The molecule has 1 N–H and O–H groups in total. The first-order valence-corrected chi connectivity index (χ1v) is 14.4. The van der Waals surface area contributed by atoms with Gasteiger partial charge in [-0.25, -0.2) is 4.68 Å². The second kappa shape index (κ2) is 9.25. The van der Waals surface area contributed by atoms with Crippen LogP contribution in [0.15, 0.2) is 53.8 Å². The summed E-state index contributed by atoms with van der Waals surface area (Å²) < 4.78 is 13.4. The third kappa shape index (κ3) is 3.59. The molecule has 212 valence electrons. The van der Waals surface area contributed by atoms with Crippen molar-refractivity contribution in [2.75, 3.05) is 13.7 Å². The molecule has 7 nitrogen and oxygen atoms in total. The summed E-state index contributed by atoms with van der Waals surface area (Å²) in [4.78, 5) is 25.0. The van der Waals surface area contributed by atoms with Crippen LogP contribution in [0.3, 0.4) is 0 Å². The Kier molecular flexibility index (Phi) is 6.28. The average Bonchev–Trinajstić information content (AvgIpc) is 3.42. The van der Waals surface area contributed by atoms with Gasteiger partial charge in [0.2, 0.25) is 5.78 Å². The van der Waals surface area contributed by atoms with E-state index in [0.29, 0.717) is 6.42 Å². The number of Topliss-reactive ketones (excluding diaryl/α,β-unsaturated/α-hetero) is 1. The summed E-state index contributed by atoms with van der Waals surface area (Å²) in [6, 6.07) is 10.2. The largest absolute Gasteiger partial charge is 0.458 e. The summed E-state index contributed by atoms with van der Waals surface area (Å²) in [6.45, 7) is 9.45. The number of fused-ring (bicyclic) bond motifs is 6. The highest BCUT2D eigenvalue weighted by molar-refractivity contribution is 5.91. The SMILES string of the molecule is COC1CC2(C)C(CC(C)C2(O)C(=O)COC(C)=O)C2C=C(C)C3=Cc4c(cnn4-c4ccccc4)CC3(C)C12. The van der Waals surface area contributed by atoms with E-state index < -0.39 is 29.4 Å². The second-order valence-corrected chi connectivity index (χ2v) is 13.0. The molecule has 2 aromatic rings. The van der Waals surface area contributed by atoms with E-state index in [4.69, 9.17) is 14.6 Å². The van der Waals surface area contributed by atoms with Gasteiger partial charge in [-0.05, 0) is 73.3 Å². The van der Waals surface area contributed by atoms with Gasteiger partial charge in [-0.3, -0.25) is 9.59 Å². The Balaban J connectivity index is 1.43. The summed E-state index contributed by atoms with van der Waals surface area (Å²) in [7, 11) is 1.75. The number of methoxy groups -OCH3 is 1. The third-order valence-electron chi connectivity index (χ3n) is 11.0. The van der Waals surface area contributed by atoms with Crippen LogP contribution in [0.25, 0.3) is 11.8 Å². The smallest absolute Gasteiger partial charge is 0.303 e. The maximum atomic E-state index is 13.5. The average molecular weight is 545 g/mol. The molecule has 2 fully saturated rings. The van der Waals surface area contributed by atoms with Crippen LogP contribution in [-0.4, -0.2) is 52.1 Å². The van der Waals surface area contributed by atoms with Gasteiger partial charge in [0.05, 0.1) is 23.7 Å². The molecule has 40 heavy (non-hydrogen) atoms. The molecule has 0 bridgehead atoms. The van der Waals surface area contributed by atoms with E-state index in [1.54, 1.807) is 7.11 Å². The molecule has 8 unspecified atom stereocenters. The van der Waals surface area contributed by atoms with Crippen LogP contribution < -0.4 is 0 Å². The fraction of sp³-hybridized carbons (Fsp3) is 0.545. The summed E-state index contributed by atoms with van der Waals surface area (Å²) in [5, 5.41) is 16.9. The zero-order valence-electron chi connectivity index (χ0n) is 24.3. The maximum absolute atomic E-state index is 13.5. The molecule has 1 heterocycles. The van der Waals surface area contributed by atoms with Crippen LogP contribution in [0.2, 0.25) is 0 Å². The lowest BCUT2D eigenvalue weighted by molar-refractivity contribution is -0.185. The first kappa shape index (κ1) is 27.2. The van der Waals surface area contributed by atoms with Crippen LogP contribution in [0.4, 0.5) is 0 Å². The molecule has 0 aliphatic heterocycles. The predicted octanol–water partition coefficient (Wildman–Crippen LogP) is 4.95. The van der Waals surface area contributed by atoms with Crippen molar-refractivity contribution < 1.29 is 24.2 Å². The number of para-hydroxylation sites is 1. The van der Waals surface area contributed by atoms with Gasteiger partial charge in [0, 0.05) is 30.8 Å². The van der Waals surface area contributed by atoms with Crippen molar-refractivity contribution in [1.82, 2.24) is 9.78 Å². The van der Waals surface area contributed by atoms with Gasteiger partial charge in [-0.15, -0.1) is 0 Å². The van der Waals surface area contributed by atoms with E-state index in [1.807, 2.05) is 36.0 Å². The lowest BCUT2D eigenvalue weighted by Gasteiger charge is -2.60. The minimum absolute atomic E-state index is 0.0898. The number of esters is 1. The Morgan fingerprint density at radius 2 is 1.93 bits per heavy atom. The summed E-state index contributed by atoms with van der Waals surface area (Å²) in [6.07, 6.45) is 8.69. The van der Waals surface area contributed by atoms with E-state index in [1.165, 1.54) is 23.6 Å². The molecule has 0 saturated heterocycles. The first-order valence-electron chi connectivity index (χ1n) is 14.4. The van der Waals surface area contributed by atoms with E-state index in [9.17, 15) is 14.7 Å². The molecule has 2 saturated carbocycles. The number of ether oxygens (including phenoxy) is 2. The molecule has 0 spiro atoms. The number of aliphatic hydroxyl groups is 1. The molecule has 8 atom stereocenters. The molecule has 1 aromatic carbocycles. The van der Waals surface area contributed by atoms with Crippen LogP contribution in [0.1, 0.15) is 58.7 Å². The number of allylic oxidation sites excluding steroid dienone is 3.